The summed E-state index contributed by atoms with van der Waals surface area (Å²) in [5, 5.41) is 0.230. The zero-order valence-corrected chi connectivity index (χ0v) is 15.2. The maximum Gasteiger partial charge on any atom is 0.220 e. The number of hydrogen-bond donors (Lipinski definition) is 0. The molecule has 0 N–H and O–H groups in total. The molecule has 3 nitrogen and oxygen atoms in total. The lowest BCUT2D eigenvalue weighted by Crippen LogP contribution is -2.09. The molecule has 5 heteroatoms. The molecule has 1 unspecified atom stereocenters. The van der Waals surface area contributed by atoms with Crippen molar-refractivity contribution in [1.29, 1.82) is 0 Å². The summed E-state index contributed by atoms with van der Waals surface area (Å²) in [6.45, 7) is 3.76. The van der Waals surface area contributed by atoms with Gasteiger partial charge in [0, 0.05) is 18.9 Å². The minimum absolute atomic E-state index is 0.230. The molecule has 0 saturated carbocycles. The van der Waals surface area contributed by atoms with Gasteiger partial charge in [-0.1, -0.05) is 68.3 Å². The first-order chi connectivity index (χ1) is 11.3. The molecule has 1 atom stereocenters. The number of nitrogens with zero attached hydrogens (tertiary/aromatic N) is 2. The Bertz CT molecular complexity index is 558. The first-order valence-corrected chi connectivity index (χ1v) is 9.42. The summed E-state index contributed by atoms with van der Waals surface area (Å²) in [5.41, 5.74) is 1.25. The van der Waals surface area contributed by atoms with Gasteiger partial charge >= 0.3 is 0 Å². The van der Waals surface area contributed by atoms with Crippen LogP contribution in [0.2, 0.25) is 0 Å². The number of benzene rings is 1. The Morgan fingerprint density at radius 2 is 2.09 bits per heavy atom. The third-order valence-electron chi connectivity index (χ3n) is 3.56. The summed E-state index contributed by atoms with van der Waals surface area (Å²) >= 11 is 7.04. The third-order valence-corrected chi connectivity index (χ3v) is 4.99. The molecule has 0 radical (unpaired) electrons. The van der Waals surface area contributed by atoms with Crippen LogP contribution in [0.1, 0.15) is 43.4 Å². The van der Waals surface area contributed by atoms with Gasteiger partial charge in [0.15, 0.2) is 0 Å². The zero-order valence-electron chi connectivity index (χ0n) is 13.6. The minimum atomic E-state index is 0.230. The molecule has 1 heterocycles. The predicted octanol–water partition coefficient (Wildman–Crippen LogP) is 5.24. The van der Waals surface area contributed by atoms with Gasteiger partial charge in [-0.3, -0.25) is 0 Å². The summed E-state index contributed by atoms with van der Waals surface area (Å²) in [6, 6.07) is 10.4. The molecule has 2 aromatic rings. The molecule has 0 fully saturated rings. The molecule has 0 aliphatic carbocycles. The Hall–Kier alpha value is -1.33. The second-order valence-corrected chi connectivity index (χ2v) is 7.24. The van der Waals surface area contributed by atoms with E-state index in [1.807, 2.05) is 18.6 Å². The van der Waals surface area contributed by atoms with Crippen LogP contribution >= 0.6 is 24.0 Å². The highest BCUT2D eigenvalue weighted by Crippen LogP contribution is 2.32. The van der Waals surface area contributed by atoms with Crippen LogP contribution in [0.5, 0.6) is 0 Å². The van der Waals surface area contributed by atoms with Crippen molar-refractivity contribution in [3.05, 3.63) is 54.6 Å². The molecule has 0 saturated heterocycles. The van der Waals surface area contributed by atoms with Gasteiger partial charge in [0.25, 0.3) is 0 Å². The smallest absolute Gasteiger partial charge is 0.220 e. The Morgan fingerprint density at radius 1 is 1.26 bits per heavy atom. The third kappa shape index (κ3) is 6.75. The predicted molar refractivity (Wildman–Crippen MR) is 102 cm³/mol. The number of thiocarbonyl (C=S) groups is 1. The van der Waals surface area contributed by atoms with Gasteiger partial charge in [0.1, 0.15) is 0 Å². The fourth-order valence-electron chi connectivity index (χ4n) is 2.30. The fraction of sp³-hybridized carbons (Fsp3) is 0.444. The topological polar surface area (TPSA) is 27.1 Å². The number of imidazole rings is 1. The first kappa shape index (κ1) is 18.0. The van der Waals surface area contributed by atoms with Crippen molar-refractivity contribution in [1.82, 2.24) is 9.55 Å². The van der Waals surface area contributed by atoms with Crippen LogP contribution in [0.25, 0.3) is 0 Å². The molecule has 0 spiro atoms. The second kappa shape index (κ2) is 10.4. The maximum atomic E-state index is 5.73. The quantitative estimate of drug-likeness (QED) is 0.457. The van der Waals surface area contributed by atoms with E-state index >= 15 is 0 Å². The molecule has 1 aromatic carbocycles. The molecular weight excluding hydrogens is 324 g/mol. The van der Waals surface area contributed by atoms with Gasteiger partial charge in [0.05, 0.1) is 18.2 Å². The number of unbranched alkanes of at least 4 members (excludes halogenated alkanes) is 3. The van der Waals surface area contributed by atoms with Crippen LogP contribution < -0.4 is 0 Å². The lowest BCUT2D eigenvalue weighted by Gasteiger charge is -2.18. The standard InChI is InChI=1S/C18H24N2OS2/c1-2-3-4-8-13-21-18(22)23-17(14-20-12-11-19-15-20)16-9-6-5-7-10-16/h5-7,9-12,15,17H,2-4,8,13-14H2,1H3. The molecule has 0 amide bonds. The van der Waals surface area contributed by atoms with Crippen molar-refractivity contribution >= 4 is 28.4 Å². The van der Waals surface area contributed by atoms with E-state index < -0.39 is 0 Å². The largest absolute Gasteiger partial charge is 0.479 e. The van der Waals surface area contributed by atoms with Gasteiger partial charge in [-0.05, 0) is 24.2 Å². The van der Waals surface area contributed by atoms with Gasteiger partial charge in [-0.15, -0.1) is 0 Å². The van der Waals surface area contributed by atoms with Crippen LogP contribution in [-0.4, -0.2) is 20.5 Å². The van der Waals surface area contributed by atoms with E-state index in [-0.39, 0.29) is 5.25 Å². The number of rotatable bonds is 9. The Balaban J connectivity index is 1.88. The van der Waals surface area contributed by atoms with Crippen molar-refractivity contribution in [3.8, 4) is 0 Å². The van der Waals surface area contributed by atoms with Gasteiger partial charge < -0.3 is 9.30 Å². The Labute approximate surface area is 148 Å². The lowest BCUT2D eigenvalue weighted by atomic mass is 10.1. The highest BCUT2D eigenvalue weighted by Gasteiger charge is 2.16. The van der Waals surface area contributed by atoms with Crippen molar-refractivity contribution in [3.63, 3.8) is 0 Å². The fourth-order valence-corrected chi connectivity index (χ4v) is 3.65. The van der Waals surface area contributed by atoms with E-state index in [9.17, 15) is 0 Å². The molecule has 0 bridgehead atoms. The van der Waals surface area contributed by atoms with Crippen LogP contribution in [0.3, 0.4) is 0 Å². The van der Waals surface area contributed by atoms with Crippen LogP contribution in [-0.2, 0) is 11.3 Å². The van der Waals surface area contributed by atoms with Crippen LogP contribution in [0, 0.1) is 0 Å². The Kier molecular flexibility index (Phi) is 8.18. The molecule has 23 heavy (non-hydrogen) atoms. The average molecular weight is 349 g/mol. The van der Waals surface area contributed by atoms with Crippen molar-refractivity contribution in [2.24, 2.45) is 0 Å². The van der Waals surface area contributed by atoms with E-state index in [4.69, 9.17) is 17.0 Å². The van der Waals surface area contributed by atoms with E-state index in [0.29, 0.717) is 4.38 Å². The van der Waals surface area contributed by atoms with Crippen LogP contribution in [0.4, 0.5) is 0 Å². The molecule has 0 aliphatic rings. The molecule has 0 aliphatic heterocycles. The number of aromatic nitrogens is 2. The molecule has 2 rings (SSSR count). The van der Waals surface area contributed by atoms with E-state index in [2.05, 4.69) is 40.7 Å². The monoisotopic (exact) mass is 348 g/mol. The minimum Gasteiger partial charge on any atom is -0.479 e. The average Bonchev–Trinajstić information content (AvgIpc) is 3.08. The van der Waals surface area contributed by atoms with Crippen LogP contribution in [0.15, 0.2) is 49.1 Å². The Morgan fingerprint density at radius 3 is 2.78 bits per heavy atom. The number of ether oxygens (including phenoxy) is 1. The lowest BCUT2D eigenvalue weighted by molar-refractivity contribution is 0.308. The molecular formula is C18H24N2OS2. The first-order valence-electron chi connectivity index (χ1n) is 8.13. The van der Waals surface area contributed by atoms with Crippen molar-refractivity contribution in [2.75, 3.05) is 6.61 Å². The second-order valence-electron chi connectivity index (χ2n) is 5.44. The van der Waals surface area contributed by atoms with Crippen molar-refractivity contribution < 1.29 is 4.74 Å². The summed E-state index contributed by atoms with van der Waals surface area (Å²) in [7, 11) is 0. The van der Waals surface area contributed by atoms with E-state index in [0.717, 1.165) is 19.6 Å². The van der Waals surface area contributed by atoms with E-state index in [1.54, 1.807) is 18.0 Å². The highest BCUT2D eigenvalue weighted by atomic mass is 32.2. The summed E-state index contributed by atoms with van der Waals surface area (Å²) in [4.78, 5) is 4.12. The summed E-state index contributed by atoms with van der Waals surface area (Å²) in [5.74, 6) is 0. The number of thioether (sulfide) groups is 1. The SMILES string of the molecule is CCCCCCOC(=S)SC(Cn1ccnc1)c1ccccc1. The normalized spacial score (nSPS) is 12.0. The summed E-state index contributed by atoms with van der Waals surface area (Å²) < 4.78 is 8.44. The maximum absolute atomic E-state index is 5.73. The number of hydrogen-bond acceptors (Lipinski definition) is 4. The zero-order chi connectivity index (χ0) is 16.3. The van der Waals surface area contributed by atoms with Crippen molar-refractivity contribution in [2.45, 2.75) is 44.4 Å². The molecule has 1 aromatic heterocycles. The molecule has 124 valence electrons. The highest BCUT2D eigenvalue weighted by molar-refractivity contribution is 8.22. The van der Waals surface area contributed by atoms with E-state index in [1.165, 1.54) is 24.8 Å². The van der Waals surface area contributed by atoms with Gasteiger partial charge in [0.2, 0.25) is 4.38 Å². The summed E-state index contributed by atoms with van der Waals surface area (Å²) in [6.07, 6.45) is 10.4. The van der Waals surface area contributed by atoms with Gasteiger partial charge in [-0.2, -0.15) is 0 Å². The van der Waals surface area contributed by atoms with Gasteiger partial charge in [-0.25, -0.2) is 4.98 Å².